The van der Waals surface area contributed by atoms with Gasteiger partial charge in [0.2, 0.25) is 0 Å². The van der Waals surface area contributed by atoms with E-state index < -0.39 is 0 Å². The highest BCUT2D eigenvalue weighted by Gasteiger charge is 2.17. The number of nitrogens with zero attached hydrogens (tertiary/aromatic N) is 3. The lowest BCUT2D eigenvalue weighted by Gasteiger charge is -2.14. The second kappa shape index (κ2) is 6.24. The normalized spacial score (nSPS) is 17.5. The van der Waals surface area contributed by atoms with Gasteiger partial charge < -0.3 is 9.47 Å². The Balaban J connectivity index is 1.73. The third-order valence-corrected chi connectivity index (χ3v) is 4.54. The SMILES string of the molecule is Cc1cc(-c2ccnn2C)nc2c(OCC3CCCO3)cccc12. The standard InChI is InChI=1S/C19H21N3O2/c1-13-11-16(17-8-9-20-22(17)2)21-19-15(13)6-3-7-18(19)24-12-14-5-4-10-23-14/h3,6-9,11,14H,4-5,10,12H2,1-2H3. The molecule has 5 heteroatoms. The van der Waals surface area contributed by atoms with Crippen LogP contribution in [0.4, 0.5) is 0 Å². The summed E-state index contributed by atoms with van der Waals surface area (Å²) >= 11 is 0. The van der Waals surface area contributed by atoms with E-state index in [4.69, 9.17) is 14.5 Å². The number of para-hydroxylation sites is 1. The van der Waals surface area contributed by atoms with Gasteiger partial charge in [0, 0.05) is 25.2 Å². The molecule has 1 aliphatic rings. The fourth-order valence-electron chi connectivity index (χ4n) is 3.22. The molecule has 1 saturated heterocycles. The van der Waals surface area contributed by atoms with Crippen molar-refractivity contribution in [2.75, 3.05) is 13.2 Å². The first-order chi connectivity index (χ1) is 11.7. The van der Waals surface area contributed by atoms with Crippen molar-refractivity contribution in [3.63, 3.8) is 0 Å². The molecule has 0 radical (unpaired) electrons. The number of hydrogen-bond acceptors (Lipinski definition) is 4. The second-order valence-electron chi connectivity index (χ2n) is 6.26. The van der Waals surface area contributed by atoms with Crippen molar-refractivity contribution >= 4 is 10.9 Å². The van der Waals surface area contributed by atoms with Gasteiger partial charge in [-0.15, -0.1) is 0 Å². The average molecular weight is 323 g/mol. The Morgan fingerprint density at radius 1 is 1.33 bits per heavy atom. The summed E-state index contributed by atoms with van der Waals surface area (Å²) in [5.41, 5.74) is 3.98. The Kier molecular flexibility index (Phi) is 3.94. The van der Waals surface area contributed by atoms with Crippen LogP contribution in [0.1, 0.15) is 18.4 Å². The molecule has 0 bridgehead atoms. The summed E-state index contributed by atoms with van der Waals surface area (Å²) in [6, 6.07) is 10.2. The Bertz CT molecular complexity index is 866. The molecule has 0 amide bonds. The maximum atomic E-state index is 6.05. The molecule has 1 atom stereocenters. The molecule has 1 unspecified atom stereocenters. The van der Waals surface area contributed by atoms with Crippen molar-refractivity contribution in [3.8, 4) is 17.1 Å². The molecule has 3 heterocycles. The summed E-state index contributed by atoms with van der Waals surface area (Å²) in [5, 5.41) is 5.36. The minimum absolute atomic E-state index is 0.196. The lowest BCUT2D eigenvalue weighted by atomic mass is 10.1. The van der Waals surface area contributed by atoms with Gasteiger partial charge in [0.25, 0.3) is 0 Å². The third kappa shape index (κ3) is 2.76. The maximum Gasteiger partial charge on any atom is 0.145 e. The largest absolute Gasteiger partial charge is 0.489 e. The molecule has 1 aliphatic heterocycles. The van der Waals surface area contributed by atoms with Crippen LogP contribution in [0.15, 0.2) is 36.5 Å². The van der Waals surface area contributed by atoms with Gasteiger partial charge in [0.05, 0.1) is 17.5 Å². The van der Waals surface area contributed by atoms with Crippen LogP contribution in [-0.4, -0.2) is 34.1 Å². The van der Waals surface area contributed by atoms with Crippen LogP contribution in [0.25, 0.3) is 22.3 Å². The van der Waals surface area contributed by atoms with E-state index in [1.54, 1.807) is 6.20 Å². The molecule has 24 heavy (non-hydrogen) atoms. The van der Waals surface area contributed by atoms with Crippen LogP contribution >= 0.6 is 0 Å². The molecule has 0 aliphatic carbocycles. The third-order valence-electron chi connectivity index (χ3n) is 4.54. The molecule has 124 valence electrons. The predicted molar refractivity (Wildman–Crippen MR) is 93.2 cm³/mol. The molecule has 3 aromatic rings. The lowest BCUT2D eigenvalue weighted by molar-refractivity contribution is 0.0684. The zero-order chi connectivity index (χ0) is 16.5. The number of aromatic nitrogens is 3. The van der Waals surface area contributed by atoms with E-state index in [-0.39, 0.29) is 6.10 Å². The Labute approximate surface area is 141 Å². The van der Waals surface area contributed by atoms with E-state index >= 15 is 0 Å². The van der Waals surface area contributed by atoms with Crippen LogP contribution in [-0.2, 0) is 11.8 Å². The highest BCUT2D eigenvalue weighted by molar-refractivity contribution is 5.89. The first-order valence-electron chi connectivity index (χ1n) is 8.35. The van der Waals surface area contributed by atoms with E-state index in [1.807, 2.05) is 29.9 Å². The summed E-state index contributed by atoms with van der Waals surface area (Å²) in [6.45, 7) is 3.52. The summed E-state index contributed by atoms with van der Waals surface area (Å²) in [4.78, 5) is 4.86. The number of ether oxygens (including phenoxy) is 2. The predicted octanol–water partition coefficient (Wildman–Crippen LogP) is 3.50. The van der Waals surface area contributed by atoms with Gasteiger partial charge in [-0.25, -0.2) is 4.98 Å². The first-order valence-corrected chi connectivity index (χ1v) is 8.35. The zero-order valence-corrected chi connectivity index (χ0v) is 14.0. The second-order valence-corrected chi connectivity index (χ2v) is 6.26. The Morgan fingerprint density at radius 2 is 2.25 bits per heavy atom. The summed E-state index contributed by atoms with van der Waals surface area (Å²) in [7, 11) is 1.93. The number of fused-ring (bicyclic) bond motifs is 1. The Hall–Kier alpha value is -2.40. The molecule has 4 rings (SSSR count). The highest BCUT2D eigenvalue weighted by Crippen LogP contribution is 2.30. The highest BCUT2D eigenvalue weighted by atomic mass is 16.5. The smallest absolute Gasteiger partial charge is 0.145 e. The van der Waals surface area contributed by atoms with Crippen molar-refractivity contribution in [2.24, 2.45) is 7.05 Å². The number of pyridine rings is 1. The minimum Gasteiger partial charge on any atom is -0.489 e. The molecule has 5 nitrogen and oxygen atoms in total. The zero-order valence-electron chi connectivity index (χ0n) is 14.0. The van der Waals surface area contributed by atoms with Crippen LogP contribution in [0.2, 0.25) is 0 Å². The molecule has 0 spiro atoms. The average Bonchev–Trinajstić information content (AvgIpc) is 3.24. The van der Waals surface area contributed by atoms with E-state index in [0.717, 1.165) is 47.5 Å². The fraction of sp³-hybridized carbons (Fsp3) is 0.368. The van der Waals surface area contributed by atoms with Gasteiger partial charge in [-0.05, 0) is 43.5 Å². The van der Waals surface area contributed by atoms with Crippen molar-refractivity contribution in [1.82, 2.24) is 14.8 Å². The number of benzene rings is 1. The maximum absolute atomic E-state index is 6.05. The molecule has 0 saturated carbocycles. The summed E-state index contributed by atoms with van der Waals surface area (Å²) < 4.78 is 13.5. The van der Waals surface area contributed by atoms with Gasteiger partial charge in [-0.2, -0.15) is 5.10 Å². The fourth-order valence-corrected chi connectivity index (χ4v) is 3.22. The van der Waals surface area contributed by atoms with Gasteiger partial charge in [0.1, 0.15) is 17.9 Å². The number of hydrogen-bond donors (Lipinski definition) is 0. The van der Waals surface area contributed by atoms with Gasteiger partial charge >= 0.3 is 0 Å². The molecule has 2 aromatic heterocycles. The minimum atomic E-state index is 0.196. The van der Waals surface area contributed by atoms with Crippen molar-refractivity contribution in [2.45, 2.75) is 25.9 Å². The number of rotatable bonds is 4. The monoisotopic (exact) mass is 323 g/mol. The van der Waals surface area contributed by atoms with Crippen LogP contribution in [0.5, 0.6) is 5.75 Å². The first kappa shape index (κ1) is 15.1. The van der Waals surface area contributed by atoms with Crippen molar-refractivity contribution in [3.05, 3.63) is 42.1 Å². The van der Waals surface area contributed by atoms with E-state index in [9.17, 15) is 0 Å². The van der Waals surface area contributed by atoms with E-state index in [0.29, 0.717) is 6.61 Å². The van der Waals surface area contributed by atoms with Gasteiger partial charge in [-0.3, -0.25) is 4.68 Å². The number of aryl methyl sites for hydroxylation is 2. The topological polar surface area (TPSA) is 49.2 Å². The molecular formula is C19H21N3O2. The van der Waals surface area contributed by atoms with Crippen molar-refractivity contribution in [1.29, 1.82) is 0 Å². The molecule has 1 fully saturated rings. The van der Waals surface area contributed by atoms with E-state index in [2.05, 4.69) is 24.2 Å². The summed E-state index contributed by atoms with van der Waals surface area (Å²) in [6.07, 6.45) is 4.17. The van der Waals surface area contributed by atoms with Crippen LogP contribution in [0.3, 0.4) is 0 Å². The summed E-state index contributed by atoms with van der Waals surface area (Å²) in [5.74, 6) is 0.815. The quantitative estimate of drug-likeness (QED) is 0.737. The Morgan fingerprint density at radius 3 is 3.00 bits per heavy atom. The van der Waals surface area contributed by atoms with Crippen LogP contribution in [0, 0.1) is 6.92 Å². The van der Waals surface area contributed by atoms with Crippen molar-refractivity contribution < 1.29 is 9.47 Å². The molecule has 0 N–H and O–H groups in total. The van der Waals surface area contributed by atoms with E-state index in [1.165, 1.54) is 5.56 Å². The lowest BCUT2D eigenvalue weighted by Crippen LogP contribution is -2.16. The molecule has 1 aromatic carbocycles. The molecular weight excluding hydrogens is 302 g/mol. The van der Waals surface area contributed by atoms with Gasteiger partial charge in [0.15, 0.2) is 0 Å². The van der Waals surface area contributed by atoms with Crippen LogP contribution < -0.4 is 4.74 Å². The van der Waals surface area contributed by atoms with Gasteiger partial charge in [-0.1, -0.05) is 12.1 Å².